The monoisotopic (exact) mass is 526 g/mol. The Labute approximate surface area is 211 Å². The molecule has 1 aromatic carbocycles. The molecule has 0 saturated carbocycles. The van der Waals surface area contributed by atoms with Gasteiger partial charge >= 0.3 is 24.1 Å². The van der Waals surface area contributed by atoms with E-state index < -0.39 is 28.4 Å². The minimum Gasteiger partial charge on any atom is -0.445 e. The normalized spacial score (nSPS) is 20.1. The molecule has 2 aliphatic heterocycles. The van der Waals surface area contributed by atoms with Gasteiger partial charge in [-0.1, -0.05) is 12.1 Å². The van der Waals surface area contributed by atoms with Crippen LogP contribution in [-0.2, 0) is 24.1 Å². The van der Waals surface area contributed by atoms with Gasteiger partial charge in [-0.3, -0.25) is 9.47 Å². The number of benzene rings is 1. The van der Waals surface area contributed by atoms with Crippen LogP contribution in [0.25, 0.3) is 0 Å². The first kappa shape index (κ1) is 26.7. The Morgan fingerprint density at radius 3 is 2.51 bits per heavy atom. The van der Waals surface area contributed by atoms with Crippen molar-refractivity contribution >= 4 is 11.9 Å². The van der Waals surface area contributed by atoms with E-state index in [1.54, 1.807) is 9.47 Å². The zero-order valence-corrected chi connectivity index (χ0v) is 20.6. The smallest absolute Gasteiger partial charge is 0.416 e. The van der Waals surface area contributed by atoms with Crippen LogP contribution < -0.4 is 4.74 Å². The van der Waals surface area contributed by atoms with Crippen molar-refractivity contribution in [2.24, 2.45) is 0 Å². The maximum absolute atomic E-state index is 12.7. The predicted octanol–water partition coefficient (Wildman–Crippen LogP) is 2.85. The van der Waals surface area contributed by atoms with Gasteiger partial charge in [-0.2, -0.15) is 13.2 Å². The highest BCUT2D eigenvalue weighted by Gasteiger charge is 2.41. The summed E-state index contributed by atoms with van der Waals surface area (Å²) in [7, 11) is 1.98. The van der Waals surface area contributed by atoms with Crippen LogP contribution in [0.5, 0.6) is 6.01 Å². The molecule has 4 rings (SSSR count). The number of imidazole rings is 1. The van der Waals surface area contributed by atoms with E-state index in [0.717, 1.165) is 25.2 Å². The summed E-state index contributed by atoms with van der Waals surface area (Å²) in [4.78, 5) is 32.6. The molecule has 0 radical (unpaired) electrons. The van der Waals surface area contributed by atoms with E-state index in [9.17, 15) is 28.1 Å². The van der Waals surface area contributed by atoms with E-state index in [2.05, 4.69) is 14.8 Å². The number of carbonyl (C=O) groups is 1. The zero-order chi connectivity index (χ0) is 26.8. The molecule has 0 bridgehead atoms. The van der Waals surface area contributed by atoms with Crippen LogP contribution in [0.3, 0.4) is 0 Å². The second-order valence-corrected chi connectivity index (χ2v) is 9.63. The van der Waals surface area contributed by atoms with Gasteiger partial charge in [-0.15, -0.1) is 0 Å². The van der Waals surface area contributed by atoms with Crippen LogP contribution in [0.4, 0.5) is 23.8 Å². The van der Waals surface area contributed by atoms with Crippen molar-refractivity contribution in [2.75, 3.05) is 52.9 Å². The molecule has 0 unspecified atom stereocenters. The van der Waals surface area contributed by atoms with Crippen LogP contribution in [0.1, 0.15) is 18.1 Å². The lowest BCUT2D eigenvalue weighted by atomic mass is 10.1. The van der Waals surface area contributed by atoms with Crippen LogP contribution in [-0.4, -0.2) is 93.7 Å². The molecule has 1 amide bonds. The summed E-state index contributed by atoms with van der Waals surface area (Å²) in [5.74, 6) is -0.229. The van der Waals surface area contributed by atoms with Gasteiger partial charge in [0.15, 0.2) is 0 Å². The van der Waals surface area contributed by atoms with E-state index in [4.69, 9.17) is 9.47 Å². The fraction of sp³-hybridized carbons (Fsp3) is 0.565. The van der Waals surface area contributed by atoms with Crippen molar-refractivity contribution in [3.63, 3.8) is 0 Å². The lowest BCUT2D eigenvalue weighted by Crippen LogP contribution is -2.51. The number of likely N-dealkylation sites (N-methyl/N-ethyl adjacent to an activating group) is 1. The molecule has 3 heterocycles. The topological polar surface area (TPSA) is 106 Å². The molecule has 1 aromatic heterocycles. The number of aromatic nitrogens is 2. The summed E-state index contributed by atoms with van der Waals surface area (Å²) < 4.78 is 50.8. The van der Waals surface area contributed by atoms with E-state index >= 15 is 0 Å². The molecule has 0 N–H and O–H groups in total. The second kappa shape index (κ2) is 10.5. The molecule has 2 aliphatic rings. The number of fused-ring (bicyclic) bond motifs is 1. The van der Waals surface area contributed by atoms with Crippen LogP contribution in [0, 0.1) is 10.1 Å². The van der Waals surface area contributed by atoms with Gasteiger partial charge in [0, 0.05) is 50.8 Å². The number of amides is 1. The number of hydrogen-bond donors (Lipinski definition) is 0. The van der Waals surface area contributed by atoms with Crippen LogP contribution in [0.15, 0.2) is 30.5 Å². The first-order chi connectivity index (χ1) is 17.4. The van der Waals surface area contributed by atoms with Crippen LogP contribution >= 0.6 is 0 Å². The number of alkyl halides is 3. The van der Waals surface area contributed by atoms with Gasteiger partial charge in [-0.05, 0) is 36.6 Å². The highest BCUT2D eigenvalue weighted by molar-refractivity contribution is 5.67. The van der Waals surface area contributed by atoms with Gasteiger partial charge in [0.25, 0.3) is 0 Å². The number of nitro groups is 1. The molecule has 1 fully saturated rings. The highest BCUT2D eigenvalue weighted by atomic mass is 19.4. The summed E-state index contributed by atoms with van der Waals surface area (Å²) in [5.41, 5.74) is -0.793. The molecule has 1 atom stereocenters. The minimum absolute atomic E-state index is 0.0875. The minimum atomic E-state index is -4.40. The van der Waals surface area contributed by atoms with Crippen molar-refractivity contribution in [3.8, 4) is 6.01 Å². The Morgan fingerprint density at radius 2 is 1.92 bits per heavy atom. The molecule has 2 aromatic rings. The number of ether oxygens (including phenoxy) is 2. The SMILES string of the molecule is CN(CCN1CCN(C(=O)OCc2ccc(C(F)(F)F)cc2)CC1)C[C@@]1(C)Cn2cc([N+](=O)[O-])nc2O1. The van der Waals surface area contributed by atoms with Gasteiger partial charge in [0.05, 0.1) is 12.1 Å². The highest BCUT2D eigenvalue weighted by Crippen LogP contribution is 2.31. The Bertz CT molecular complexity index is 1090. The third-order valence-electron chi connectivity index (χ3n) is 6.43. The van der Waals surface area contributed by atoms with Gasteiger partial charge in [0.1, 0.15) is 18.4 Å². The molecule has 1 saturated heterocycles. The average Bonchev–Trinajstić information content (AvgIpc) is 3.36. The van der Waals surface area contributed by atoms with Crippen molar-refractivity contribution in [3.05, 3.63) is 51.7 Å². The Hall–Kier alpha value is -3.39. The second-order valence-electron chi connectivity index (χ2n) is 9.63. The molecule has 37 heavy (non-hydrogen) atoms. The summed E-state index contributed by atoms with van der Waals surface area (Å²) in [6.45, 7) is 6.84. The summed E-state index contributed by atoms with van der Waals surface area (Å²) in [6, 6.07) is 4.81. The summed E-state index contributed by atoms with van der Waals surface area (Å²) >= 11 is 0. The van der Waals surface area contributed by atoms with E-state index in [1.807, 2.05) is 14.0 Å². The van der Waals surface area contributed by atoms with Crippen molar-refractivity contribution in [1.82, 2.24) is 24.3 Å². The number of piperazine rings is 1. The average molecular weight is 527 g/mol. The van der Waals surface area contributed by atoms with E-state index in [1.165, 1.54) is 18.3 Å². The number of hydrogen-bond acceptors (Lipinski definition) is 8. The van der Waals surface area contributed by atoms with Crippen molar-refractivity contribution in [1.29, 1.82) is 0 Å². The summed E-state index contributed by atoms with van der Waals surface area (Å²) in [5, 5.41) is 10.9. The lowest BCUT2D eigenvalue weighted by Gasteiger charge is -2.35. The first-order valence-electron chi connectivity index (χ1n) is 11.8. The summed E-state index contributed by atoms with van der Waals surface area (Å²) in [6.07, 6.45) is -3.50. The van der Waals surface area contributed by atoms with Gasteiger partial charge < -0.3 is 29.4 Å². The maximum atomic E-state index is 12.7. The number of nitrogens with zero attached hydrogens (tertiary/aromatic N) is 6. The maximum Gasteiger partial charge on any atom is 0.416 e. The largest absolute Gasteiger partial charge is 0.445 e. The Morgan fingerprint density at radius 1 is 1.24 bits per heavy atom. The lowest BCUT2D eigenvalue weighted by molar-refractivity contribution is -0.389. The van der Waals surface area contributed by atoms with E-state index in [0.29, 0.717) is 44.8 Å². The van der Waals surface area contributed by atoms with Gasteiger partial charge in [-0.25, -0.2) is 4.79 Å². The Kier molecular flexibility index (Phi) is 7.59. The standard InChI is InChI=1S/C23H29F3N6O5/c1-22(16-31-13-19(32(34)35)27-20(31)37-22)15-28(2)7-8-29-9-11-30(12-10-29)21(33)36-14-17-3-5-18(6-4-17)23(24,25)26/h3-6,13H,7-12,14-16H2,1-2H3/t22-/m0/s1. The molecule has 14 heteroatoms. The third-order valence-corrected chi connectivity index (χ3v) is 6.43. The number of carbonyl (C=O) groups excluding carboxylic acids is 1. The fourth-order valence-electron chi connectivity index (χ4n) is 4.51. The molecule has 11 nitrogen and oxygen atoms in total. The van der Waals surface area contributed by atoms with Crippen LogP contribution in [0.2, 0.25) is 0 Å². The first-order valence-corrected chi connectivity index (χ1v) is 11.8. The van der Waals surface area contributed by atoms with E-state index in [-0.39, 0.29) is 18.4 Å². The molecule has 202 valence electrons. The number of halogens is 3. The van der Waals surface area contributed by atoms with Gasteiger partial charge in [0.2, 0.25) is 0 Å². The Balaban J connectivity index is 1.14. The molecular formula is C23H29F3N6O5. The fourth-order valence-corrected chi connectivity index (χ4v) is 4.51. The predicted molar refractivity (Wildman–Crippen MR) is 125 cm³/mol. The van der Waals surface area contributed by atoms with Crippen molar-refractivity contribution in [2.45, 2.75) is 31.9 Å². The number of rotatable bonds is 8. The third kappa shape index (κ3) is 6.68. The molecule has 0 spiro atoms. The van der Waals surface area contributed by atoms with Crippen molar-refractivity contribution < 1.29 is 32.4 Å². The molecular weight excluding hydrogens is 497 g/mol. The quantitative estimate of drug-likeness (QED) is 0.382. The molecule has 0 aliphatic carbocycles. The zero-order valence-electron chi connectivity index (χ0n) is 20.6.